The maximum absolute atomic E-state index is 13.6. The number of nitrogens with zero attached hydrogens (tertiary/aromatic N) is 2. The number of benzene rings is 2. The molecule has 0 aliphatic carbocycles. The number of likely N-dealkylation sites (tertiary alicyclic amines) is 1. The first-order chi connectivity index (χ1) is 15.8. The Bertz CT molecular complexity index is 1010. The van der Waals surface area contributed by atoms with E-state index in [0.717, 1.165) is 51.9 Å². The average Bonchev–Trinajstić information content (AvgIpc) is 3.36. The topological polar surface area (TPSA) is 35.6 Å². The zero-order valence-electron chi connectivity index (χ0n) is 18.5. The Hall–Kier alpha value is -2.63. The summed E-state index contributed by atoms with van der Waals surface area (Å²) in [6.07, 6.45) is 3.97. The number of nitrogens with one attached hydrogen (secondary N) is 1. The van der Waals surface area contributed by atoms with E-state index < -0.39 is 0 Å². The van der Waals surface area contributed by atoms with Crippen LogP contribution in [-0.4, -0.2) is 41.5 Å². The lowest BCUT2D eigenvalue weighted by Crippen LogP contribution is -2.52. The van der Waals surface area contributed by atoms with Gasteiger partial charge in [0.2, 0.25) is 0 Å². The van der Waals surface area contributed by atoms with Crippen LogP contribution < -0.4 is 5.32 Å². The predicted molar refractivity (Wildman–Crippen MR) is 131 cm³/mol. The largest absolute Gasteiger partial charge is 0.338 e. The van der Waals surface area contributed by atoms with E-state index in [1.807, 2.05) is 0 Å². The third kappa shape index (κ3) is 4.59. The molecule has 32 heavy (non-hydrogen) atoms. The Kier molecular flexibility index (Phi) is 6.56. The standard InChI is InChI=1S/C27H31N3OS/c31-27-28-15-6-10-22-7-4-5-11-25(22)26(23-8-2-1-3-9-23)30(27)24-12-16-29(17-13-24)19-21-14-18-32-20-21/h1-5,7-9,11,14,18,20,24,26H,6,10,12-13,15-17,19H2,(H,28,31). The van der Waals surface area contributed by atoms with Gasteiger partial charge in [-0.3, -0.25) is 4.90 Å². The fourth-order valence-electron chi connectivity index (χ4n) is 5.21. The molecule has 0 saturated carbocycles. The molecule has 1 N–H and O–H groups in total. The van der Waals surface area contributed by atoms with Crippen molar-refractivity contribution in [2.75, 3.05) is 19.6 Å². The Balaban J connectivity index is 1.46. The number of rotatable bonds is 4. The van der Waals surface area contributed by atoms with Gasteiger partial charge in [-0.1, -0.05) is 54.6 Å². The van der Waals surface area contributed by atoms with Crippen molar-refractivity contribution in [1.82, 2.24) is 15.1 Å². The zero-order chi connectivity index (χ0) is 21.8. The molecule has 166 valence electrons. The van der Waals surface area contributed by atoms with Crippen molar-refractivity contribution in [2.24, 2.45) is 0 Å². The van der Waals surface area contributed by atoms with E-state index in [1.54, 1.807) is 11.3 Å². The van der Waals surface area contributed by atoms with Gasteiger partial charge >= 0.3 is 6.03 Å². The second-order valence-electron chi connectivity index (χ2n) is 8.89. The second kappa shape index (κ2) is 9.88. The van der Waals surface area contributed by atoms with Crippen LogP contribution in [0.3, 0.4) is 0 Å². The van der Waals surface area contributed by atoms with Crippen molar-refractivity contribution in [1.29, 1.82) is 0 Å². The van der Waals surface area contributed by atoms with Crippen LogP contribution in [0, 0.1) is 0 Å². The molecule has 2 aliphatic heterocycles. The van der Waals surface area contributed by atoms with Crippen LogP contribution in [-0.2, 0) is 13.0 Å². The highest BCUT2D eigenvalue weighted by Gasteiger charge is 2.36. The number of carbonyl (C=O) groups is 1. The predicted octanol–water partition coefficient (Wildman–Crippen LogP) is 5.46. The minimum Gasteiger partial charge on any atom is -0.338 e. The van der Waals surface area contributed by atoms with Crippen molar-refractivity contribution in [3.63, 3.8) is 0 Å². The molecule has 2 aliphatic rings. The molecule has 5 rings (SSSR count). The minimum atomic E-state index is -0.0566. The fourth-order valence-corrected chi connectivity index (χ4v) is 5.87. The third-order valence-electron chi connectivity index (χ3n) is 6.81. The normalized spacial score (nSPS) is 20.7. The van der Waals surface area contributed by atoms with Crippen LogP contribution in [0.1, 0.15) is 47.6 Å². The molecular formula is C27H31N3OS. The van der Waals surface area contributed by atoms with E-state index in [4.69, 9.17) is 0 Å². The SMILES string of the molecule is O=C1NCCCc2ccccc2C(c2ccccc2)N1C1CCN(Cc2ccsc2)CC1. The first kappa shape index (κ1) is 21.2. The van der Waals surface area contributed by atoms with Crippen molar-refractivity contribution in [3.8, 4) is 0 Å². The lowest BCUT2D eigenvalue weighted by molar-refractivity contribution is 0.101. The van der Waals surface area contributed by atoms with Gasteiger partial charge in [0.15, 0.2) is 0 Å². The van der Waals surface area contributed by atoms with Crippen molar-refractivity contribution in [3.05, 3.63) is 93.7 Å². The van der Waals surface area contributed by atoms with Gasteiger partial charge in [-0.15, -0.1) is 0 Å². The molecule has 1 atom stereocenters. The molecule has 0 spiro atoms. The summed E-state index contributed by atoms with van der Waals surface area (Å²) in [5.41, 5.74) is 5.22. The first-order valence-electron chi connectivity index (χ1n) is 11.7. The highest BCUT2D eigenvalue weighted by Crippen LogP contribution is 2.36. The van der Waals surface area contributed by atoms with Crippen LogP contribution in [0.25, 0.3) is 0 Å². The quantitative estimate of drug-likeness (QED) is 0.579. The molecule has 2 amide bonds. The maximum Gasteiger partial charge on any atom is 0.318 e. The van der Waals surface area contributed by atoms with Gasteiger partial charge in [0, 0.05) is 32.2 Å². The molecule has 1 aromatic heterocycles. The van der Waals surface area contributed by atoms with E-state index in [-0.39, 0.29) is 18.1 Å². The van der Waals surface area contributed by atoms with Crippen LogP contribution in [0.15, 0.2) is 71.4 Å². The zero-order valence-corrected chi connectivity index (χ0v) is 19.3. The molecule has 1 saturated heterocycles. The van der Waals surface area contributed by atoms with E-state index >= 15 is 0 Å². The van der Waals surface area contributed by atoms with Crippen LogP contribution in [0.5, 0.6) is 0 Å². The number of amides is 2. The molecule has 1 fully saturated rings. The number of hydrogen-bond donors (Lipinski definition) is 1. The van der Waals surface area contributed by atoms with Crippen LogP contribution >= 0.6 is 11.3 Å². The molecular weight excluding hydrogens is 414 g/mol. The van der Waals surface area contributed by atoms with Crippen molar-refractivity contribution in [2.45, 2.75) is 44.3 Å². The molecule has 3 aromatic rings. The summed E-state index contributed by atoms with van der Waals surface area (Å²) < 4.78 is 0. The van der Waals surface area contributed by atoms with E-state index in [0.29, 0.717) is 0 Å². The molecule has 2 aromatic carbocycles. The maximum atomic E-state index is 13.6. The summed E-state index contributed by atoms with van der Waals surface area (Å²) in [7, 11) is 0. The number of hydrogen-bond acceptors (Lipinski definition) is 3. The summed E-state index contributed by atoms with van der Waals surface area (Å²) in [6, 6.07) is 21.7. The van der Waals surface area contributed by atoms with Crippen molar-refractivity contribution < 1.29 is 4.79 Å². The molecule has 3 heterocycles. The monoisotopic (exact) mass is 445 g/mol. The van der Waals surface area contributed by atoms with E-state index in [2.05, 4.69) is 86.5 Å². The highest BCUT2D eigenvalue weighted by atomic mass is 32.1. The summed E-state index contributed by atoms with van der Waals surface area (Å²) >= 11 is 1.76. The third-order valence-corrected chi connectivity index (χ3v) is 7.55. The lowest BCUT2D eigenvalue weighted by Gasteiger charge is -2.43. The number of fused-ring (bicyclic) bond motifs is 1. The summed E-state index contributed by atoms with van der Waals surface area (Å²) in [6.45, 7) is 3.77. The number of piperidine rings is 1. The summed E-state index contributed by atoms with van der Waals surface area (Å²) in [5, 5.41) is 7.62. The van der Waals surface area contributed by atoms with Gasteiger partial charge in [-0.25, -0.2) is 4.79 Å². The molecule has 1 unspecified atom stereocenters. The van der Waals surface area contributed by atoms with Gasteiger partial charge in [0.25, 0.3) is 0 Å². The highest BCUT2D eigenvalue weighted by molar-refractivity contribution is 7.07. The minimum absolute atomic E-state index is 0.0566. The average molecular weight is 446 g/mol. The molecule has 0 bridgehead atoms. The van der Waals surface area contributed by atoms with Crippen LogP contribution in [0.4, 0.5) is 4.79 Å². The number of urea groups is 1. The lowest BCUT2D eigenvalue weighted by atomic mass is 9.89. The van der Waals surface area contributed by atoms with Crippen LogP contribution in [0.2, 0.25) is 0 Å². The van der Waals surface area contributed by atoms with Gasteiger partial charge in [-0.2, -0.15) is 11.3 Å². The molecule has 5 heteroatoms. The number of aryl methyl sites for hydroxylation is 1. The van der Waals surface area contributed by atoms with Crippen molar-refractivity contribution >= 4 is 17.4 Å². The first-order valence-corrected chi connectivity index (χ1v) is 12.7. The van der Waals surface area contributed by atoms with E-state index in [1.165, 1.54) is 22.3 Å². The van der Waals surface area contributed by atoms with Gasteiger partial charge in [0.05, 0.1) is 6.04 Å². The fraction of sp³-hybridized carbons (Fsp3) is 0.370. The Labute approximate surface area is 194 Å². The summed E-state index contributed by atoms with van der Waals surface area (Å²) in [4.78, 5) is 18.2. The summed E-state index contributed by atoms with van der Waals surface area (Å²) in [5.74, 6) is 0. The second-order valence-corrected chi connectivity index (χ2v) is 9.67. The molecule has 4 nitrogen and oxygen atoms in total. The Morgan fingerprint density at radius 2 is 1.75 bits per heavy atom. The van der Waals surface area contributed by atoms with Gasteiger partial charge < -0.3 is 10.2 Å². The molecule has 0 radical (unpaired) electrons. The Morgan fingerprint density at radius 1 is 0.969 bits per heavy atom. The van der Waals surface area contributed by atoms with Gasteiger partial charge in [-0.05, 0) is 64.8 Å². The number of thiophene rings is 1. The van der Waals surface area contributed by atoms with Gasteiger partial charge in [0.1, 0.15) is 0 Å². The Morgan fingerprint density at radius 3 is 2.53 bits per heavy atom. The van der Waals surface area contributed by atoms with E-state index in [9.17, 15) is 4.79 Å². The smallest absolute Gasteiger partial charge is 0.318 e. The number of carbonyl (C=O) groups excluding carboxylic acids is 1.